The Hall–Kier alpha value is -3.24. The highest BCUT2D eigenvalue weighted by atomic mass is 16.7. The van der Waals surface area contributed by atoms with Crippen molar-refractivity contribution in [1.29, 1.82) is 0 Å². The van der Waals surface area contributed by atoms with Gasteiger partial charge < -0.3 is 29.2 Å². The van der Waals surface area contributed by atoms with E-state index in [1.54, 1.807) is 39.4 Å². The summed E-state index contributed by atoms with van der Waals surface area (Å²) in [6.07, 6.45) is 11.2. The highest BCUT2D eigenvalue weighted by Gasteiger charge is 2.27. The van der Waals surface area contributed by atoms with E-state index in [0.717, 1.165) is 61.9 Å². The molecule has 38 heavy (non-hydrogen) atoms. The quantitative estimate of drug-likeness (QED) is 0.408. The zero-order valence-electron chi connectivity index (χ0n) is 22.9. The van der Waals surface area contributed by atoms with Crippen molar-refractivity contribution in [1.82, 2.24) is 24.4 Å². The van der Waals surface area contributed by atoms with Crippen LogP contribution in [0.25, 0.3) is 11.0 Å². The molecule has 0 unspecified atom stereocenters. The third-order valence-electron chi connectivity index (χ3n) is 7.91. The first kappa shape index (κ1) is 26.4. The van der Waals surface area contributed by atoms with Gasteiger partial charge in [0.05, 0.1) is 11.9 Å². The highest BCUT2D eigenvalue weighted by molar-refractivity contribution is 5.97. The van der Waals surface area contributed by atoms with Crippen LogP contribution < -0.4 is 10.2 Å². The minimum absolute atomic E-state index is 0.0112. The Morgan fingerprint density at radius 1 is 1.08 bits per heavy atom. The van der Waals surface area contributed by atoms with Crippen LogP contribution in [0.5, 0.6) is 0 Å². The molecule has 1 saturated carbocycles. The summed E-state index contributed by atoms with van der Waals surface area (Å²) >= 11 is 0. The van der Waals surface area contributed by atoms with Gasteiger partial charge in [-0.05, 0) is 49.8 Å². The van der Waals surface area contributed by atoms with E-state index in [-0.39, 0.29) is 18.2 Å². The molecule has 0 bridgehead atoms. The minimum atomic E-state index is -0.124. The molecule has 204 valence electrons. The first-order valence-corrected chi connectivity index (χ1v) is 13.6. The average Bonchev–Trinajstić information content (AvgIpc) is 3.60. The maximum atomic E-state index is 12.9. The van der Waals surface area contributed by atoms with Gasteiger partial charge in [0.25, 0.3) is 5.91 Å². The van der Waals surface area contributed by atoms with Crippen molar-refractivity contribution < 1.29 is 14.3 Å². The Bertz CT molecular complexity index is 1230. The summed E-state index contributed by atoms with van der Waals surface area (Å²) in [7, 11) is 6.97. The molecule has 2 aliphatic rings. The smallest absolute Gasteiger partial charge is 0.270 e. The number of amides is 1. The van der Waals surface area contributed by atoms with Gasteiger partial charge in [0, 0.05) is 65.5 Å². The number of piperidine rings is 1. The maximum absolute atomic E-state index is 12.9. The van der Waals surface area contributed by atoms with Crippen molar-refractivity contribution in [3.05, 3.63) is 36.3 Å². The monoisotopic (exact) mass is 521 g/mol. The zero-order chi connectivity index (χ0) is 26.6. The summed E-state index contributed by atoms with van der Waals surface area (Å²) in [5, 5.41) is 4.14. The van der Waals surface area contributed by atoms with Crippen LogP contribution in [0, 0.1) is 5.92 Å². The molecule has 0 aromatic carbocycles. The molecule has 4 heterocycles. The van der Waals surface area contributed by atoms with Crippen LogP contribution in [0.3, 0.4) is 0 Å². The first-order valence-electron chi connectivity index (χ1n) is 13.6. The zero-order valence-corrected chi connectivity index (χ0v) is 22.9. The van der Waals surface area contributed by atoms with Crippen molar-refractivity contribution in [3.8, 4) is 0 Å². The third kappa shape index (κ3) is 5.61. The fourth-order valence-corrected chi connectivity index (χ4v) is 5.74. The van der Waals surface area contributed by atoms with Crippen molar-refractivity contribution in [2.45, 2.75) is 57.3 Å². The third-order valence-corrected chi connectivity index (χ3v) is 7.91. The number of hydrogen-bond donors (Lipinski definition) is 1. The molecule has 0 radical (unpaired) electrons. The fraction of sp³-hybridized carbons (Fsp3) is 0.571. The average molecular weight is 522 g/mol. The lowest BCUT2D eigenvalue weighted by atomic mass is 9.93. The van der Waals surface area contributed by atoms with E-state index in [4.69, 9.17) is 14.5 Å². The molecule has 0 spiro atoms. The molecule has 10 heteroatoms. The van der Waals surface area contributed by atoms with Gasteiger partial charge in [-0.3, -0.25) is 4.79 Å². The normalized spacial score (nSPS) is 17.0. The van der Waals surface area contributed by atoms with Crippen LogP contribution in [0.1, 0.15) is 61.5 Å². The largest absolute Gasteiger partial charge is 0.370 e. The number of carbonyl (C=O) groups is 1. The van der Waals surface area contributed by atoms with Gasteiger partial charge in [0.2, 0.25) is 5.95 Å². The van der Waals surface area contributed by atoms with E-state index in [2.05, 4.69) is 30.8 Å². The standard InChI is InChI=1S/C28H39N7O3/c1-33(2)27(36)23-16-20-17-30-28(32-26(20)35(23)21-7-5-6-8-21)31-24-10-9-22(18-29-24)34-13-11-19(12-14-34)15-25(37-3)38-4/h9-10,16-19,21,25H,5-8,11-15H2,1-4H3,(H,29,30,31,32). The van der Waals surface area contributed by atoms with Crippen molar-refractivity contribution in [2.75, 3.05) is 51.6 Å². The van der Waals surface area contributed by atoms with Gasteiger partial charge in [-0.1, -0.05) is 12.8 Å². The number of carbonyl (C=O) groups excluding carboxylic acids is 1. The molecule has 1 aliphatic heterocycles. The van der Waals surface area contributed by atoms with Gasteiger partial charge in [0.1, 0.15) is 17.2 Å². The number of pyridine rings is 1. The van der Waals surface area contributed by atoms with Crippen molar-refractivity contribution in [2.24, 2.45) is 5.92 Å². The van der Waals surface area contributed by atoms with E-state index in [0.29, 0.717) is 23.4 Å². The van der Waals surface area contributed by atoms with Crippen LogP contribution >= 0.6 is 0 Å². The molecule has 1 amide bonds. The lowest BCUT2D eigenvalue weighted by Crippen LogP contribution is -2.35. The first-order chi connectivity index (χ1) is 18.5. The Morgan fingerprint density at radius 3 is 2.45 bits per heavy atom. The molecule has 10 nitrogen and oxygen atoms in total. The van der Waals surface area contributed by atoms with E-state index >= 15 is 0 Å². The Labute approximate surface area is 224 Å². The van der Waals surface area contributed by atoms with Crippen molar-refractivity contribution >= 4 is 34.4 Å². The summed E-state index contributed by atoms with van der Waals surface area (Å²) in [6.45, 7) is 1.98. The molecule has 5 rings (SSSR count). The van der Waals surface area contributed by atoms with E-state index < -0.39 is 0 Å². The second kappa shape index (κ2) is 11.7. The number of hydrogen-bond acceptors (Lipinski definition) is 8. The van der Waals surface area contributed by atoms with Gasteiger partial charge in [0.15, 0.2) is 6.29 Å². The number of nitrogens with zero attached hydrogens (tertiary/aromatic N) is 6. The molecule has 1 N–H and O–H groups in total. The summed E-state index contributed by atoms with van der Waals surface area (Å²) in [5.74, 6) is 1.76. The van der Waals surface area contributed by atoms with Crippen LogP contribution in [0.15, 0.2) is 30.6 Å². The second-order valence-electron chi connectivity index (χ2n) is 10.6. The number of anilines is 3. The summed E-state index contributed by atoms with van der Waals surface area (Å²) in [6, 6.07) is 6.26. The molecule has 2 fully saturated rings. The molecular weight excluding hydrogens is 482 g/mol. The Balaban J connectivity index is 1.28. The van der Waals surface area contributed by atoms with Crippen LogP contribution in [-0.2, 0) is 9.47 Å². The highest BCUT2D eigenvalue weighted by Crippen LogP contribution is 2.35. The number of nitrogens with one attached hydrogen (secondary N) is 1. The molecule has 3 aromatic heterocycles. The number of aromatic nitrogens is 4. The number of rotatable bonds is 9. The molecule has 0 atom stereocenters. The minimum Gasteiger partial charge on any atom is -0.370 e. The number of fused-ring (bicyclic) bond motifs is 1. The number of methoxy groups -OCH3 is 2. The molecule has 3 aromatic rings. The van der Waals surface area contributed by atoms with Crippen LogP contribution in [0.2, 0.25) is 0 Å². The molecule has 1 saturated heterocycles. The van der Waals surface area contributed by atoms with E-state index in [1.165, 1.54) is 12.8 Å². The van der Waals surface area contributed by atoms with Gasteiger partial charge in [-0.25, -0.2) is 9.97 Å². The predicted octanol–water partition coefficient (Wildman–Crippen LogP) is 4.61. The topological polar surface area (TPSA) is 97.6 Å². The predicted molar refractivity (Wildman–Crippen MR) is 148 cm³/mol. The van der Waals surface area contributed by atoms with E-state index in [1.807, 2.05) is 18.3 Å². The summed E-state index contributed by atoms with van der Waals surface area (Å²) in [4.78, 5) is 30.9. The van der Waals surface area contributed by atoms with Gasteiger partial charge in [-0.2, -0.15) is 4.98 Å². The Kier molecular flexibility index (Phi) is 8.09. The maximum Gasteiger partial charge on any atom is 0.270 e. The SMILES string of the molecule is COC(CC1CCN(c2ccc(Nc3ncc4cc(C(=O)N(C)C)n(C5CCCC5)c4n3)nc2)CC1)OC. The molecular formula is C28H39N7O3. The Morgan fingerprint density at radius 2 is 1.82 bits per heavy atom. The molecule has 1 aliphatic carbocycles. The summed E-state index contributed by atoms with van der Waals surface area (Å²) in [5.41, 5.74) is 2.58. The fourth-order valence-electron chi connectivity index (χ4n) is 5.74. The van der Waals surface area contributed by atoms with Crippen molar-refractivity contribution in [3.63, 3.8) is 0 Å². The number of ether oxygens (including phenoxy) is 2. The van der Waals surface area contributed by atoms with Crippen LogP contribution in [-0.4, -0.2) is 78.0 Å². The summed E-state index contributed by atoms with van der Waals surface area (Å²) < 4.78 is 12.9. The van der Waals surface area contributed by atoms with Crippen LogP contribution in [0.4, 0.5) is 17.5 Å². The lowest BCUT2D eigenvalue weighted by molar-refractivity contribution is -0.115. The van der Waals surface area contributed by atoms with Gasteiger partial charge >= 0.3 is 0 Å². The van der Waals surface area contributed by atoms with E-state index in [9.17, 15) is 4.79 Å². The second-order valence-corrected chi connectivity index (χ2v) is 10.6. The van der Waals surface area contributed by atoms with Gasteiger partial charge in [-0.15, -0.1) is 0 Å². The lowest BCUT2D eigenvalue weighted by Gasteiger charge is -2.34.